The van der Waals surface area contributed by atoms with Crippen LogP contribution in [0.15, 0.2) is 24.3 Å². The Morgan fingerprint density at radius 2 is 2.03 bits per heavy atom. The summed E-state index contributed by atoms with van der Waals surface area (Å²) in [5.74, 6) is 2.79. The molecule has 9 heteroatoms. The number of ether oxygens (including phenoxy) is 1. The molecule has 5 rings (SSSR count). The zero-order valence-electron chi connectivity index (χ0n) is 18.4. The summed E-state index contributed by atoms with van der Waals surface area (Å²) in [5, 5.41) is 24.0. The third-order valence-corrected chi connectivity index (χ3v) is 6.56. The largest absolute Gasteiger partial charge is 0.497 e. The lowest BCUT2D eigenvalue weighted by atomic mass is 9.97. The molecule has 2 aromatic heterocycles. The number of aryl methyl sites for hydroxylation is 1. The molecule has 32 heavy (non-hydrogen) atoms. The number of hydrogen-bond acceptors (Lipinski definition) is 8. The first kappa shape index (κ1) is 20.5. The van der Waals surface area contributed by atoms with Gasteiger partial charge in [0.25, 0.3) is 0 Å². The number of fused-ring (bicyclic) bond motifs is 3. The summed E-state index contributed by atoms with van der Waals surface area (Å²) in [6, 6.07) is 11.4. The normalized spacial score (nSPS) is 22.6. The van der Waals surface area contributed by atoms with Gasteiger partial charge < -0.3 is 15.4 Å². The van der Waals surface area contributed by atoms with E-state index in [-0.39, 0.29) is 0 Å². The fraction of sp³-hybridized carbons (Fsp3) is 0.478. The van der Waals surface area contributed by atoms with Gasteiger partial charge in [-0.15, -0.1) is 0 Å². The van der Waals surface area contributed by atoms with Crippen molar-refractivity contribution in [2.24, 2.45) is 0 Å². The van der Waals surface area contributed by atoms with E-state index in [0.717, 1.165) is 41.7 Å². The van der Waals surface area contributed by atoms with Gasteiger partial charge in [-0.1, -0.05) is 0 Å². The fourth-order valence-corrected chi connectivity index (χ4v) is 5.12. The molecule has 2 bridgehead atoms. The average molecular weight is 433 g/mol. The molecular weight excluding hydrogens is 404 g/mol. The molecule has 2 saturated heterocycles. The number of nitrogens with zero attached hydrogens (tertiary/aromatic N) is 5. The Bertz CT molecular complexity index is 1140. The maximum Gasteiger partial charge on any atom is 0.225 e. The molecule has 0 aliphatic carbocycles. The summed E-state index contributed by atoms with van der Waals surface area (Å²) in [5.41, 5.74) is 1.79. The van der Waals surface area contributed by atoms with Gasteiger partial charge in [0.05, 0.1) is 18.7 Å². The molecular formula is C23H28N8O. The second kappa shape index (κ2) is 8.63. The number of hydrogen-bond donors (Lipinski definition) is 3. The van der Waals surface area contributed by atoms with Crippen LogP contribution in [0.3, 0.4) is 0 Å². The topological polar surface area (TPSA) is 115 Å². The molecule has 4 heterocycles. The fourth-order valence-electron chi connectivity index (χ4n) is 5.12. The molecule has 166 valence electrons. The van der Waals surface area contributed by atoms with E-state index < -0.39 is 0 Å². The smallest absolute Gasteiger partial charge is 0.225 e. The van der Waals surface area contributed by atoms with Gasteiger partial charge in [-0.05, 0) is 44.7 Å². The predicted molar refractivity (Wildman–Crippen MR) is 123 cm³/mol. The number of aromatic nitrogens is 4. The summed E-state index contributed by atoms with van der Waals surface area (Å²) in [7, 11) is 1.66. The van der Waals surface area contributed by atoms with Crippen molar-refractivity contribution in [1.29, 1.82) is 5.26 Å². The standard InChI is InChI=1S/C23H28N8O/c1-14-10-21(30-29-14)27-22-19-7-6-18(32-2)13-20(19)26-23(28-22)25-15-11-16-4-5-17(12-15)31(16)9-3-8-24/h6-7,10,13,15-17H,3-5,9,11-12H2,1-2H3,(H3,25,26,27,28,29,30). The lowest BCUT2D eigenvalue weighted by Crippen LogP contribution is -2.47. The van der Waals surface area contributed by atoms with E-state index in [1.807, 2.05) is 31.2 Å². The highest BCUT2D eigenvalue weighted by molar-refractivity contribution is 5.92. The summed E-state index contributed by atoms with van der Waals surface area (Å²) < 4.78 is 5.41. The lowest BCUT2D eigenvalue weighted by molar-refractivity contribution is 0.135. The number of rotatable bonds is 7. The summed E-state index contributed by atoms with van der Waals surface area (Å²) >= 11 is 0. The Balaban J connectivity index is 1.41. The van der Waals surface area contributed by atoms with Gasteiger partial charge in [-0.25, -0.2) is 4.98 Å². The SMILES string of the molecule is COc1ccc2c(Nc3cc(C)[nH]n3)nc(NC3CC4CCC(C3)N4CCC#N)nc2c1. The number of H-pyrrole nitrogens is 1. The van der Waals surface area contributed by atoms with Gasteiger partial charge in [-0.3, -0.25) is 10.00 Å². The molecule has 1 aromatic carbocycles. The number of piperidine rings is 1. The first-order valence-electron chi connectivity index (χ1n) is 11.2. The van der Waals surface area contributed by atoms with Crippen LogP contribution in [0.25, 0.3) is 10.9 Å². The molecule has 3 aromatic rings. The van der Waals surface area contributed by atoms with Crippen molar-refractivity contribution in [3.05, 3.63) is 30.0 Å². The number of nitriles is 1. The molecule has 2 unspecified atom stereocenters. The van der Waals surface area contributed by atoms with Gasteiger partial charge in [0.2, 0.25) is 5.95 Å². The predicted octanol–water partition coefficient (Wildman–Crippen LogP) is 3.73. The average Bonchev–Trinajstić information content (AvgIpc) is 3.30. The minimum absolute atomic E-state index is 0.314. The Morgan fingerprint density at radius 1 is 1.22 bits per heavy atom. The maximum atomic E-state index is 8.97. The van der Waals surface area contributed by atoms with Crippen molar-refractivity contribution in [3.63, 3.8) is 0 Å². The van der Waals surface area contributed by atoms with Gasteiger partial charge in [-0.2, -0.15) is 15.3 Å². The van der Waals surface area contributed by atoms with Crippen molar-refractivity contribution in [1.82, 2.24) is 25.1 Å². The number of anilines is 3. The summed E-state index contributed by atoms with van der Waals surface area (Å²) in [6.07, 6.45) is 5.10. The highest BCUT2D eigenvalue weighted by Crippen LogP contribution is 2.37. The van der Waals surface area contributed by atoms with Crippen molar-refractivity contribution in [3.8, 4) is 11.8 Å². The number of methoxy groups -OCH3 is 1. The van der Waals surface area contributed by atoms with Crippen LogP contribution in [-0.2, 0) is 0 Å². The molecule has 3 N–H and O–H groups in total. The van der Waals surface area contributed by atoms with Crippen LogP contribution in [0.1, 0.15) is 37.8 Å². The molecule has 2 atom stereocenters. The minimum atomic E-state index is 0.314. The lowest BCUT2D eigenvalue weighted by Gasteiger charge is -2.38. The van der Waals surface area contributed by atoms with E-state index >= 15 is 0 Å². The van der Waals surface area contributed by atoms with Crippen molar-refractivity contribution in [2.75, 3.05) is 24.3 Å². The van der Waals surface area contributed by atoms with Crippen molar-refractivity contribution < 1.29 is 4.74 Å². The van der Waals surface area contributed by atoms with E-state index in [1.165, 1.54) is 12.8 Å². The monoisotopic (exact) mass is 432 g/mol. The van der Waals surface area contributed by atoms with Crippen LogP contribution in [0, 0.1) is 18.3 Å². The van der Waals surface area contributed by atoms with Crippen molar-refractivity contribution >= 4 is 28.5 Å². The van der Waals surface area contributed by atoms with Crippen LogP contribution in [0.5, 0.6) is 5.75 Å². The Labute approximate surface area is 187 Å². The van der Waals surface area contributed by atoms with Crippen LogP contribution in [0.2, 0.25) is 0 Å². The second-order valence-corrected chi connectivity index (χ2v) is 8.68. The zero-order chi connectivity index (χ0) is 22.1. The highest BCUT2D eigenvalue weighted by Gasteiger charge is 2.40. The Kier molecular flexibility index (Phi) is 5.53. The first-order chi connectivity index (χ1) is 15.6. The highest BCUT2D eigenvalue weighted by atomic mass is 16.5. The van der Waals surface area contributed by atoms with E-state index in [9.17, 15) is 0 Å². The van der Waals surface area contributed by atoms with E-state index in [4.69, 9.17) is 20.0 Å². The van der Waals surface area contributed by atoms with Crippen molar-refractivity contribution in [2.45, 2.75) is 57.2 Å². The third-order valence-electron chi connectivity index (χ3n) is 6.56. The molecule has 2 aliphatic heterocycles. The molecule has 0 amide bonds. The van der Waals surface area contributed by atoms with Crippen LogP contribution < -0.4 is 15.4 Å². The number of benzene rings is 1. The minimum Gasteiger partial charge on any atom is -0.497 e. The van der Waals surface area contributed by atoms with Gasteiger partial charge in [0.1, 0.15) is 11.6 Å². The van der Waals surface area contributed by atoms with Gasteiger partial charge in [0.15, 0.2) is 5.82 Å². The number of nitrogens with one attached hydrogen (secondary N) is 3. The maximum absolute atomic E-state index is 8.97. The van der Waals surface area contributed by atoms with E-state index in [1.54, 1.807) is 7.11 Å². The second-order valence-electron chi connectivity index (χ2n) is 8.68. The van der Waals surface area contributed by atoms with Crippen LogP contribution >= 0.6 is 0 Å². The molecule has 0 saturated carbocycles. The molecule has 0 spiro atoms. The molecule has 2 aliphatic rings. The van der Waals surface area contributed by atoms with Crippen LogP contribution in [-0.4, -0.2) is 56.8 Å². The van der Waals surface area contributed by atoms with Gasteiger partial charge >= 0.3 is 0 Å². The van der Waals surface area contributed by atoms with E-state index in [0.29, 0.717) is 42.1 Å². The number of aromatic amines is 1. The summed E-state index contributed by atoms with van der Waals surface area (Å²) in [4.78, 5) is 12.1. The van der Waals surface area contributed by atoms with Gasteiger partial charge in [0, 0.05) is 54.3 Å². The molecule has 0 radical (unpaired) electrons. The zero-order valence-corrected chi connectivity index (χ0v) is 18.4. The van der Waals surface area contributed by atoms with Crippen LogP contribution in [0.4, 0.5) is 17.6 Å². The third kappa shape index (κ3) is 4.06. The molecule has 2 fully saturated rings. The summed E-state index contributed by atoms with van der Waals surface area (Å²) in [6.45, 7) is 2.84. The van der Waals surface area contributed by atoms with E-state index in [2.05, 4.69) is 31.8 Å². The Morgan fingerprint density at radius 3 is 2.72 bits per heavy atom. The Hall–Kier alpha value is -3.38. The molecule has 9 nitrogen and oxygen atoms in total. The first-order valence-corrected chi connectivity index (χ1v) is 11.2. The quantitative estimate of drug-likeness (QED) is 0.517.